The Morgan fingerprint density at radius 3 is 2.25 bits per heavy atom. The van der Waals surface area contributed by atoms with Crippen molar-refractivity contribution in [1.29, 1.82) is 0 Å². The fourth-order valence-electron chi connectivity index (χ4n) is 0. The van der Waals surface area contributed by atoms with Crippen LogP contribution in [0.25, 0.3) is 0 Å². The van der Waals surface area contributed by atoms with E-state index in [0.29, 0.717) is 5.75 Å². The number of thiol groups is 1. The Hall–Kier alpha value is -0.0900. The second-order valence-corrected chi connectivity index (χ2v) is 0.651. The van der Waals surface area contributed by atoms with Gasteiger partial charge in [-0.1, -0.05) is 5.92 Å². The van der Waals surface area contributed by atoms with Gasteiger partial charge in [0, 0.05) is 0 Å². The molecule has 0 amide bonds. The molecule has 0 aromatic heterocycles. The summed E-state index contributed by atoms with van der Waals surface area (Å²) in [6, 6.07) is 0. The van der Waals surface area contributed by atoms with Crippen molar-refractivity contribution in [1.82, 2.24) is 0 Å². The van der Waals surface area contributed by atoms with Crippen LogP contribution in [0.3, 0.4) is 0 Å². The van der Waals surface area contributed by atoms with E-state index in [4.69, 9.17) is 6.42 Å². The number of hydrogen-bond acceptors (Lipinski definition) is 1. The molecule has 1 radical (unpaired) electrons. The minimum Gasteiger partial charge on any atom is -0.166 e. The molecule has 0 aliphatic rings. The summed E-state index contributed by atoms with van der Waals surface area (Å²) in [5.74, 6) is 2.48. The lowest BCUT2D eigenvalue weighted by Gasteiger charge is -1.51. The normalized spacial score (nSPS) is 5.00. The zero-order valence-corrected chi connectivity index (χ0v) is 3.05. The van der Waals surface area contributed by atoms with Gasteiger partial charge in [0.1, 0.15) is 0 Å². The molecule has 0 aromatic carbocycles. The fraction of sp³-hybridized carbons (Fsp3) is 0.333. The molecule has 4 heavy (non-hydrogen) atoms. The Labute approximate surface area is 31.6 Å². The minimum atomic E-state index is 0.431. The molecular formula is C3H3S. The summed E-state index contributed by atoms with van der Waals surface area (Å²) < 4.78 is 0. The minimum absolute atomic E-state index is 0.431. The van der Waals surface area contributed by atoms with Crippen molar-refractivity contribution in [3.63, 3.8) is 0 Å². The van der Waals surface area contributed by atoms with Gasteiger partial charge in [-0.2, -0.15) is 12.6 Å². The van der Waals surface area contributed by atoms with E-state index in [1.165, 1.54) is 0 Å². The second-order valence-electron chi connectivity index (χ2n) is 0.335. The highest BCUT2D eigenvalue weighted by Crippen LogP contribution is 1.59. The molecule has 0 heterocycles. The van der Waals surface area contributed by atoms with Gasteiger partial charge in [0.15, 0.2) is 0 Å². The summed E-state index contributed by atoms with van der Waals surface area (Å²) in [5, 5.41) is 0. The molecule has 0 nitrogen and oxygen atoms in total. The van der Waals surface area contributed by atoms with E-state index in [2.05, 4.69) is 12.6 Å². The van der Waals surface area contributed by atoms with Crippen LogP contribution in [0, 0.1) is 12.3 Å². The van der Waals surface area contributed by atoms with Gasteiger partial charge >= 0.3 is 0 Å². The summed E-state index contributed by atoms with van der Waals surface area (Å²) >= 11 is 3.62. The predicted molar refractivity (Wildman–Crippen MR) is 21.0 cm³/mol. The molecule has 0 aliphatic heterocycles. The molecule has 0 spiro atoms. The first-order valence-corrected chi connectivity index (χ1v) is 1.55. The Balaban J connectivity index is 2.43. The molecule has 0 aliphatic carbocycles. The average molecular weight is 71.1 g/mol. The lowest BCUT2D eigenvalue weighted by molar-refractivity contribution is 1.97. The molecule has 0 unspecified atom stereocenters. The first-order chi connectivity index (χ1) is 1.91. The third kappa shape index (κ3) is 1.91. The summed E-state index contributed by atoms with van der Waals surface area (Å²) in [6.07, 6.45) is 6.12. The van der Waals surface area contributed by atoms with Crippen LogP contribution in [-0.2, 0) is 0 Å². The van der Waals surface area contributed by atoms with Crippen LogP contribution in [0.4, 0.5) is 0 Å². The zero-order valence-electron chi connectivity index (χ0n) is 2.15. The van der Waals surface area contributed by atoms with Gasteiger partial charge in [0.2, 0.25) is 0 Å². The van der Waals surface area contributed by atoms with E-state index < -0.39 is 0 Å². The third-order valence-electron chi connectivity index (χ3n) is 0.0791. The largest absolute Gasteiger partial charge is 0.166 e. The van der Waals surface area contributed by atoms with Crippen LogP contribution in [0.2, 0.25) is 0 Å². The summed E-state index contributed by atoms with van der Waals surface area (Å²) in [6.45, 7) is 0. The van der Waals surface area contributed by atoms with Crippen molar-refractivity contribution in [3.05, 3.63) is 6.42 Å². The van der Waals surface area contributed by atoms with Crippen molar-refractivity contribution in [2.24, 2.45) is 0 Å². The lowest BCUT2D eigenvalue weighted by atomic mass is 10.8. The zero-order chi connectivity index (χ0) is 3.41. The summed E-state index contributed by atoms with van der Waals surface area (Å²) in [7, 11) is 0. The molecule has 0 rings (SSSR count). The molecule has 21 valence electrons. The Morgan fingerprint density at radius 2 is 2.25 bits per heavy atom. The highest BCUT2D eigenvalue weighted by molar-refractivity contribution is 7.80. The molecule has 0 atom stereocenters. The van der Waals surface area contributed by atoms with Gasteiger partial charge in [0.05, 0.1) is 5.75 Å². The molecule has 0 bridgehead atoms. The summed E-state index contributed by atoms with van der Waals surface area (Å²) in [4.78, 5) is 0. The molecule has 0 N–H and O–H groups in total. The fourth-order valence-corrected chi connectivity index (χ4v) is 0. The van der Waals surface area contributed by atoms with Crippen LogP contribution in [0.1, 0.15) is 0 Å². The van der Waals surface area contributed by atoms with Crippen molar-refractivity contribution in [2.45, 2.75) is 0 Å². The van der Waals surface area contributed by atoms with Crippen molar-refractivity contribution < 1.29 is 0 Å². The van der Waals surface area contributed by atoms with Crippen LogP contribution < -0.4 is 0 Å². The highest BCUT2D eigenvalue weighted by atomic mass is 32.1. The van der Waals surface area contributed by atoms with Crippen molar-refractivity contribution in [2.75, 3.05) is 5.75 Å². The monoisotopic (exact) mass is 71.0 g/mol. The van der Waals surface area contributed by atoms with Crippen LogP contribution in [0.15, 0.2) is 0 Å². The van der Waals surface area contributed by atoms with Crippen LogP contribution in [0.5, 0.6) is 0 Å². The highest BCUT2D eigenvalue weighted by Gasteiger charge is 1.45. The number of rotatable bonds is 0. The van der Waals surface area contributed by atoms with Crippen LogP contribution in [-0.4, -0.2) is 5.75 Å². The predicted octanol–water partition coefficient (Wildman–Crippen LogP) is 0.506. The van der Waals surface area contributed by atoms with E-state index >= 15 is 0 Å². The maximum atomic E-state index is 6.12. The molecule has 0 fully saturated rings. The molecule has 1 heteroatoms. The molecule has 0 saturated heterocycles. The van der Waals surface area contributed by atoms with Gasteiger partial charge in [-0.25, -0.2) is 0 Å². The van der Waals surface area contributed by atoms with E-state index in [0.717, 1.165) is 0 Å². The number of hydrogen-bond donors (Lipinski definition) is 1. The van der Waals surface area contributed by atoms with Gasteiger partial charge < -0.3 is 0 Å². The van der Waals surface area contributed by atoms with Gasteiger partial charge in [-0.15, -0.1) is 0 Å². The van der Waals surface area contributed by atoms with E-state index in [1.54, 1.807) is 0 Å². The maximum absolute atomic E-state index is 6.12. The molecule has 0 saturated carbocycles. The third-order valence-corrected chi connectivity index (χ3v) is 0.237. The topological polar surface area (TPSA) is 0 Å². The standard InChI is InChI=1S/C3H3S/c1-2-3-4/h4H,3H2. The van der Waals surface area contributed by atoms with E-state index in [-0.39, 0.29) is 0 Å². The SMILES string of the molecule is [C]#CCS. The van der Waals surface area contributed by atoms with Crippen LogP contribution >= 0.6 is 12.6 Å². The lowest BCUT2D eigenvalue weighted by Crippen LogP contribution is -1.47. The quantitative estimate of drug-likeness (QED) is 0.312. The van der Waals surface area contributed by atoms with Crippen molar-refractivity contribution in [3.8, 4) is 5.92 Å². The second kappa shape index (κ2) is 2.91. The average Bonchev–Trinajstić information content (AvgIpc) is 1.37. The van der Waals surface area contributed by atoms with E-state index in [1.807, 2.05) is 5.92 Å². The van der Waals surface area contributed by atoms with Crippen molar-refractivity contribution >= 4 is 12.6 Å². The summed E-state index contributed by atoms with van der Waals surface area (Å²) in [5.41, 5.74) is 0. The Bertz CT molecular complexity index is 33.0. The smallest absolute Gasteiger partial charge is 0.0527 e. The Morgan fingerprint density at radius 1 is 2.00 bits per heavy atom. The van der Waals surface area contributed by atoms with Gasteiger partial charge in [0.25, 0.3) is 0 Å². The van der Waals surface area contributed by atoms with Gasteiger partial charge in [-0.3, -0.25) is 0 Å². The Kier molecular flexibility index (Phi) is 2.84. The molecule has 0 aromatic rings. The first-order valence-electron chi connectivity index (χ1n) is 0.920. The van der Waals surface area contributed by atoms with E-state index in [9.17, 15) is 0 Å². The maximum Gasteiger partial charge on any atom is 0.0527 e. The first kappa shape index (κ1) is 3.91. The van der Waals surface area contributed by atoms with Gasteiger partial charge in [-0.05, 0) is 6.42 Å². The molecular weight excluding hydrogens is 68.1 g/mol.